The van der Waals surface area contributed by atoms with Gasteiger partial charge < -0.3 is 0 Å². The number of rotatable bonds is 0. The van der Waals surface area contributed by atoms with E-state index < -0.39 is 44.2 Å². The number of allylic oxidation sites excluding steroid dienone is 2. The van der Waals surface area contributed by atoms with Gasteiger partial charge in [0.05, 0.1) is 0 Å². The molecule has 10 heteroatoms. The molecule has 0 N–H and O–H groups in total. The Kier molecular flexibility index (Phi) is 4.54. The maximum atomic E-state index is 16.3. The van der Waals surface area contributed by atoms with Gasteiger partial charge in [0.15, 0.2) is 10.3 Å². The number of nitriles is 4. The average molecular weight is 490 g/mol. The number of hydrogen-bond acceptors (Lipinski definition) is 6. The van der Waals surface area contributed by atoms with Crippen molar-refractivity contribution in [1.82, 2.24) is 0 Å². The highest BCUT2D eigenvalue weighted by molar-refractivity contribution is 7.15. The summed E-state index contributed by atoms with van der Waals surface area (Å²) in [6.07, 6.45) is 0. The number of benzene rings is 1. The van der Waals surface area contributed by atoms with E-state index in [1.54, 1.807) is 24.3 Å². The lowest BCUT2D eigenvalue weighted by molar-refractivity contribution is 0.603. The van der Waals surface area contributed by atoms with Crippen LogP contribution >= 0.6 is 22.7 Å². The van der Waals surface area contributed by atoms with Gasteiger partial charge in [-0.25, -0.2) is 8.78 Å². The first-order valence-electron chi connectivity index (χ1n) is 9.47. The molecular formula is C24H6F4N4S2. The molecule has 3 aromatic rings. The van der Waals surface area contributed by atoms with Crippen molar-refractivity contribution in [2.24, 2.45) is 0 Å². The first-order valence-corrected chi connectivity index (χ1v) is 11.1. The van der Waals surface area contributed by atoms with Crippen LogP contribution in [0.5, 0.6) is 0 Å². The zero-order chi connectivity index (χ0) is 24.6. The van der Waals surface area contributed by atoms with Crippen molar-refractivity contribution >= 4 is 33.8 Å². The monoisotopic (exact) mass is 490 g/mol. The van der Waals surface area contributed by atoms with E-state index in [-0.39, 0.29) is 54.3 Å². The van der Waals surface area contributed by atoms with Crippen LogP contribution in [0.15, 0.2) is 11.1 Å². The first kappa shape index (κ1) is 21.6. The second kappa shape index (κ2) is 7.14. The number of halogens is 4. The molecule has 0 atom stereocenters. The van der Waals surface area contributed by atoms with Crippen LogP contribution < -0.4 is 0 Å². The van der Waals surface area contributed by atoms with Gasteiger partial charge in [-0.2, -0.15) is 29.8 Å². The first-order chi connectivity index (χ1) is 16.2. The molecule has 0 aliphatic heterocycles. The minimum Gasteiger partial charge on any atom is -0.206 e. The minimum absolute atomic E-state index is 0.00447. The van der Waals surface area contributed by atoms with E-state index >= 15 is 8.78 Å². The quantitative estimate of drug-likeness (QED) is 0.180. The third-order valence-corrected chi connectivity index (χ3v) is 8.15. The third kappa shape index (κ3) is 2.37. The fourth-order valence-electron chi connectivity index (χ4n) is 4.53. The van der Waals surface area contributed by atoms with E-state index in [0.717, 1.165) is 0 Å². The van der Waals surface area contributed by atoms with E-state index in [1.165, 1.54) is 13.8 Å². The van der Waals surface area contributed by atoms with Crippen molar-refractivity contribution in [2.45, 2.75) is 13.8 Å². The summed E-state index contributed by atoms with van der Waals surface area (Å²) in [6, 6.07) is 6.65. The van der Waals surface area contributed by atoms with Crippen LogP contribution in [0.3, 0.4) is 0 Å². The van der Waals surface area contributed by atoms with Gasteiger partial charge in [-0.3, -0.25) is 0 Å². The fraction of sp³-hybridized carbons (Fsp3) is 0.0833. The second-order valence-electron chi connectivity index (χ2n) is 7.48. The molecule has 2 aliphatic carbocycles. The highest BCUT2D eigenvalue weighted by atomic mass is 32.1. The van der Waals surface area contributed by atoms with Crippen molar-refractivity contribution in [1.29, 1.82) is 21.0 Å². The molecule has 34 heavy (non-hydrogen) atoms. The van der Waals surface area contributed by atoms with Crippen LogP contribution in [0.25, 0.3) is 32.0 Å². The zero-order valence-electron chi connectivity index (χ0n) is 17.1. The standard InChI is InChI=1S/C24H6F4N4S2/c1-7-11-13(9(3-29)4-30)15-17(21(11)33-23(7)27)20(26)16-14(10(5-31)6-32)12-8(2)24(28)34-22(12)18(16)19(15)25/h1-2H3. The van der Waals surface area contributed by atoms with Gasteiger partial charge in [0.1, 0.15) is 47.1 Å². The summed E-state index contributed by atoms with van der Waals surface area (Å²) in [5.41, 5.74) is -2.91. The summed E-state index contributed by atoms with van der Waals surface area (Å²) in [5, 5.41) is 36.6. The van der Waals surface area contributed by atoms with E-state index in [0.29, 0.717) is 22.7 Å². The summed E-state index contributed by atoms with van der Waals surface area (Å²) < 4.78 is 61.6. The fourth-order valence-corrected chi connectivity index (χ4v) is 6.70. The van der Waals surface area contributed by atoms with Gasteiger partial charge in [0.25, 0.3) is 0 Å². The van der Waals surface area contributed by atoms with Crippen molar-refractivity contribution in [3.63, 3.8) is 0 Å². The molecule has 0 fully saturated rings. The van der Waals surface area contributed by atoms with Crippen LogP contribution in [0.2, 0.25) is 0 Å². The van der Waals surface area contributed by atoms with Crippen LogP contribution in [-0.2, 0) is 0 Å². The number of thiophene rings is 2. The Morgan fingerprint density at radius 2 is 0.882 bits per heavy atom. The van der Waals surface area contributed by atoms with E-state index in [9.17, 15) is 29.8 Å². The Hall–Kier alpha value is -4.22. The highest BCUT2D eigenvalue weighted by Crippen LogP contribution is 2.60. The Bertz CT molecular complexity index is 1600. The molecule has 2 heterocycles. The average Bonchev–Trinajstić information content (AvgIpc) is 3.49. The lowest BCUT2D eigenvalue weighted by atomic mass is 9.91. The molecule has 0 saturated carbocycles. The van der Waals surface area contributed by atoms with Gasteiger partial charge >= 0.3 is 0 Å². The predicted molar refractivity (Wildman–Crippen MR) is 117 cm³/mol. The maximum absolute atomic E-state index is 16.3. The smallest absolute Gasteiger partial charge is 0.180 e. The molecule has 4 nitrogen and oxygen atoms in total. The number of fused-ring (bicyclic) bond motifs is 6. The minimum atomic E-state index is -1.04. The molecule has 162 valence electrons. The van der Waals surface area contributed by atoms with E-state index in [2.05, 4.69) is 0 Å². The van der Waals surface area contributed by atoms with E-state index in [1.807, 2.05) is 0 Å². The Morgan fingerprint density at radius 1 is 0.559 bits per heavy atom. The summed E-state index contributed by atoms with van der Waals surface area (Å²) in [7, 11) is 0. The number of hydrogen-bond donors (Lipinski definition) is 0. The molecule has 2 aliphatic rings. The SMILES string of the molecule is Cc1c(F)sc2c1C(=C(C#N)C#N)c1c(F)c3c(c(F)c1-2)C(=C(C#N)C#N)c1c-3sc(F)c1C. The van der Waals surface area contributed by atoms with Crippen LogP contribution in [0, 0.1) is 81.1 Å². The lowest BCUT2D eigenvalue weighted by Crippen LogP contribution is -2.01. The van der Waals surface area contributed by atoms with Gasteiger partial charge in [0, 0.05) is 65.4 Å². The normalized spacial score (nSPS) is 12.2. The maximum Gasteiger partial charge on any atom is 0.180 e. The summed E-state index contributed by atoms with van der Waals surface area (Å²) >= 11 is 1.08. The van der Waals surface area contributed by atoms with E-state index in [4.69, 9.17) is 0 Å². The molecular weight excluding hydrogens is 484 g/mol. The molecule has 0 radical (unpaired) electrons. The summed E-state index contributed by atoms with van der Waals surface area (Å²) in [5.74, 6) is -2.08. The topological polar surface area (TPSA) is 95.2 Å². The Morgan fingerprint density at radius 3 is 1.18 bits per heavy atom. The van der Waals surface area contributed by atoms with Crippen molar-refractivity contribution in [2.75, 3.05) is 0 Å². The molecule has 2 aromatic heterocycles. The van der Waals surface area contributed by atoms with Crippen molar-refractivity contribution < 1.29 is 17.6 Å². The predicted octanol–water partition coefficient (Wildman–Crippen LogP) is 6.64. The molecule has 5 rings (SSSR count). The van der Waals surface area contributed by atoms with Crippen molar-refractivity contribution in [3.8, 4) is 45.2 Å². The molecule has 1 aromatic carbocycles. The zero-order valence-corrected chi connectivity index (χ0v) is 18.8. The van der Waals surface area contributed by atoms with Gasteiger partial charge in [0.2, 0.25) is 0 Å². The van der Waals surface area contributed by atoms with Crippen LogP contribution in [0.1, 0.15) is 33.4 Å². The number of nitrogens with zero attached hydrogens (tertiary/aromatic N) is 4. The van der Waals surface area contributed by atoms with Crippen LogP contribution in [-0.4, -0.2) is 0 Å². The van der Waals surface area contributed by atoms with Gasteiger partial charge in [-0.05, 0) is 13.8 Å². The van der Waals surface area contributed by atoms with Crippen LogP contribution in [0.4, 0.5) is 17.6 Å². The van der Waals surface area contributed by atoms with Gasteiger partial charge in [-0.15, -0.1) is 22.7 Å². The molecule has 0 amide bonds. The molecule has 0 spiro atoms. The lowest BCUT2D eigenvalue weighted by Gasteiger charge is -2.13. The molecule has 0 bridgehead atoms. The summed E-state index contributed by atoms with van der Waals surface area (Å²) in [6.45, 7) is 2.74. The molecule has 0 saturated heterocycles. The highest BCUT2D eigenvalue weighted by Gasteiger charge is 2.44. The largest absolute Gasteiger partial charge is 0.206 e. The Labute approximate surface area is 197 Å². The third-order valence-electron chi connectivity index (χ3n) is 5.96. The van der Waals surface area contributed by atoms with Gasteiger partial charge in [-0.1, -0.05) is 0 Å². The second-order valence-corrected chi connectivity index (χ2v) is 9.43. The van der Waals surface area contributed by atoms with Crippen molar-refractivity contribution in [3.05, 3.63) is 66.4 Å². The molecule has 0 unspecified atom stereocenters. The Balaban J connectivity index is 2.07. The summed E-state index contributed by atoms with van der Waals surface area (Å²) in [4.78, 5) is -0.00894.